The minimum Gasteiger partial charge on any atom is -0.477 e. The summed E-state index contributed by atoms with van der Waals surface area (Å²) >= 11 is 6.26. The normalized spacial score (nSPS) is 20.7. The Hall–Kier alpha value is -3.65. The molecule has 2 fully saturated rings. The maximum absolute atomic E-state index is 13.8. The quantitative estimate of drug-likeness (QED) is 0.418. The minimum absolute atomic E-state index is 0.141. The van der Waals surface area contributed by atoms with Crippen molar-refractivity contribution in [3.05, 3.63) is 77.2 Å². The number of carbonyl (C=O) groups is 2. The van der Waals surface area contributed by atoms with Crippen molar-refractivity contribution in [1.29, 1.82) is 0 Å². The summed E-state index contributed by atoms with van der Waals surface area (Å²) in [5, 5.41) is 3.77. The van der Waals surface area contributed by atoms with E-state index in [1.54, 1.807) is 62.5 Å². The number of piperidine rings is 1. The number of rotatable bonds is 7. The standard InChI is InChI=1S/C29H30ClFN4O3/c1-28(2,38-24-12-9-19(30)17-23(24)18-7-10-20(31)11-8-18)27(37)34-29-14-3-5-21(13-15-29)35(29)26-22(25(32)36)6-4-16-33-26/h4,6-12,16-17,21H,3,5,13-15H2,1-2H3,(H2,32,36)(H,34,37). The molecule has 0 radical (unpaired) electrons. The molecule has 1 aromatic heterocycles. The Labute approximate surface area is 226 Å². The van der Waals surface area contributed by atoms with Crippen molar-refractivity contribution in [2.45, 2.75) is 63.3 Å². The average Bonchev–Trinajstić information content (AvgIpc) is 3.09. The molecule has 7 nitrogen and oxygen atoms in total. The van der Waals surface area contributed by atoms with E-state index in [2.05, 4.69) is 15.2 Å². The predicted molar refractivity (Wildman–Crippen MR) is 145 cm³/mol. The predicted octanol–water partition coefficient (Wildman–Crippen LogP) is 5.46. The lowest BCUT2D eigenvalue weighted by Crippen LogP contribution is -2.65. The maximum atomic E-state index is 13.8. The summed E-state index contributed by atoms with van der Waals surface area (Å²) in [6.45, 7) is 3.41. The van der Waals surface area contributed by atoms with E-state index < -0.39 is 17.2 Å². The fourth-order valence-electron chi connectivity index (χ4n) is 5.62. The number of nitrogens with two attached hydrogens (primary N) is 1. The van der Waals surface area contributed by atoms with Crippen LogP contribution in [-0.2, 0) is 4.79 Å². The molecule has 3 heterocycles. The number of ether oxygens (including phenoxy) is 1. The number of hydrogen-bond donors (Lipinski definition) is 2. The zero-order chi connectivity index (χ0) is 27.1. The van der Waals surface area contributed by atoms with Gasteiger partial charge in [0.2, 0.25) is 0 Å². The number of hydrogen-bond acceptors (Lipinski definition) is 5. The Morgan fingerprint density at radius 1 is 1.16 bits per heavy atom. The molecule has 2 aliphatic heterocycles. The monoisotopic (exact) mass is 536 g/mol. The first-order valence-corrected chi connectivity index (χ1v) is 13.1. The lowest BCUT2D eigenvalue weighted by Gasteiger charge is -2.47. The molecule has 2 saturated heterocycles. The molecular weight excluding hydrogens is 507 g/mol. The molecule has 198 valence electrons. The highest BCUT2D eigenvalue weighted by molar-refractivity contribution is 6.31. The van der Waals surface area contributed by atoms with E-state index in [9.17, 15) is 14.0 Å². The number of amides is 2. The van der Waals surface area contributed by atoms with E-state index >= 15 is 0 Å². The molecule has 0 spiro atoms. The van der Waals surface area contributed by atoms with Crippen LogP contribution in [0.4, 0.5) is 10.2 Å². The highest BCUT2D eigenvalue weighted by Crippen LogP contribution is 2.46. The van der Waals surface area contributed by atoms with E-state index in [1.165, 1.54) is 12.1 Å². The zero-order valence-electron chi connectivity index (χ0n) is 21.3. The molecule has 2 unspecified atom stereocenters. The Kier molecular flexibility index (Phi) is 6.77. The third-order valence-electron chi connectivity index (χ3n) is 7.48. The highest BCUT2D eigenvalue weighted by Gasteiger charge is 2.52. The third-order valence-corrected chi connectivity index (χ3v) is 7.72. The maximum Gasteiger partial charge on any atom is 0.265 e. The van der Waals surface area contributed by atoms with Crippen molar-refractivity contribution < 1.29 is 18.7 Å². The number of benzene rings is 2. The number of nitrogens with one attached hydrogen (secondary N) is 1. The molecular formula is C29H30ClFN4O3. The molecule has 2 aliphatic rings. The molecule has 9 heteroatoms. The third kappa shape index (κ3) is 4.80. The zero-order valence-corrected chi connectivity index (χ0v) is 22.1. The first-order valence-electron chi connectivity index (χ1n) is 12.7. The molecule has 2 atom stereocenters. The number of nitrogens with zero attached hydrogens (tertiary/aromatic N) is 2. The molecule has 0 saturated carbocycles. The van der Waals surface area contributed by atoms with Gasteiger partial charge in [0.15, 0.2) is 5.60 Å². The number of primary amides is 1. The molecule has 0 aliphatic carbocycles. The average molecular weight is 537 g/mol. The van der Waals surface area contributed by atoms with Crippen LogP contribution >= 0.6 is 11.6 Å². The van der Waals surface area contributed by atoms with E-state index in [1.807, 2.05) is 0 Å². The van der Waals surface area contributed by atoms with Crippen molar-refractivity contribution in [3.8, 4) is 16.9 Å². The molecule has 5 rings (SSSR count). The van der Waals surface area contributed by atoms with Crippen LogP contribution in [0.2, 0.25) is 5.02 Å². The van der Waals surface area contributed by atoms with Crippen molar-refractivity contribution in [2.75, 3.05) is 4.90 Å². The summed E-state index contributed by atoms with van der Waals surface area (Å²) in [5.41, 5.74) is 5.39. The van der Waals surface area contributed by atoms with Gasteiger partial charge in [-0.2, -0.15) is 0 Å². The molecule has 3 N–H and O–H groups in total. The lowest BCUT2D eigenvalue weighted by molar-refractivity contribution is -0.136. The number of pyridine rings is 1. The molecule has 2 aromatic carbocycles. The summed E-state index contributed by atoms with van der Waals surface area (Å²) in [6.07, 6.45) is 5.81. The van der Waals surface area contributed by atoms with Gasteiger partial charge in [-0.15, -0.1) is 0 Å². The van der Waals surface area contributed by atoms with Gasteiger partial charge in [-0.25, -0.2) is 9.37 Å². The van der Waals surface area contributed by atoms with Gasteiger partial charge in [-0.1, -0.05) is 23.7 Å². The topological polar surface area (TPSA) is 97.6 Å². The Morgan fingerprint density at radius 2 is 1.92 bits per heavy atom. The van der Waals surface area contributed by atoms with Crippen LogP contribution in [0.3, 0.4) is 0 Å². The van der Waals surface area contributed by atoms with Gasteiger partial charge in [-0.05, 0) is 94.0 Å². The Morgan fingerprint density at radius 3 is 2.66 bits per heavy atom. The van der Waals surface area contributed by atoms with Crippen LogP contribution in [0.15, 0.2) is 60.8 Å². The largest absolute Gasteiger partial charge is 0.477 e. The van der Waals surface area contributed by atoms with Gasteiger partial charge in [0.05, 0.1) is 5.56 Å². The first-order chi connectivity index (χ1) is 18.1. The summed E-state index contributed by atoms with van der Waals surface area (Å²) in [7, 11) is 0. The van der Waals surface area contributed by atoms with E-state index in [4.69, 9.17) is 22.1 Å². The van der Waals surface area contributed by atoms with Crippen LogP contribution in [0.5, 0.6) is 5.75 Å². The van der Waals surface area contributed by atoms with Crippen molar-refractivity contribution in [1.82, 2.24) is 10.3 Å². The number of anilines is 1. The first kappa shape index (κ1) is 26.0. The van der Waals surface area contributed by atoms with Crippen LogP contribution in [0.25, 0.3) is 11.1 Å². The minimum atomic E-state index is -1.27. The van der Waals surface area contributed by atoms with Crippen molar-refractivity contribution in [2.24, 2.45) is 5.73 Å². The highest BCUT2D eigenvalue weighted by atomic mass is 35.5. The van der Waals surface area contributed by atoms with E-state index in [0.717, 1.165) is 25.7 Å². The summed E-state index contributed by atoms with van der Waals surface area (Å²) in [6, 6.07) is 14.6. The number of halogens is 2. The molecule has 2 bridgehead atoms. The second kappa shape index (κ2) is 9.91. The van der Waals surface area contributed by atoms with Gasteiger partial charge in [0, 0.05) is 22.8 Å². The van der Waals surface area contributed by atoms with E-state index in [-0.39, 0.29) is 17.8 Å². The smallest absolute Gasteiger partial charge is 0.265 e. The van der Waals surface area contributed by atoms with Crippen molar-refractivity contribution >= 4 is 29.2 Å². The van der Waals surface area contributed by atoms with Crippen LogP contribution in [0.1, 0.15) is 56.3 Å². The molecule has 3 aromatic rings. The SMILES string of the molecule is CC(C)(Oc1ccc(Cl)cc1-c1ccc(F)cc1)C(=O)NC12CCCC(CC1)N2c1ncccc1C(N)=O. The van der Waals surface area contributed by atoms with Gasteiger partial charge in [-0.3, -0.25) is 9.59 Å². The van der Waals surface area contributed by atoms with Gasteiger partial charge >= 0.3 is 0 Å². The number of aromatic nitrogens is 1. The summed E-state index contributed by atoms with van der Waals surface area (Å²) in [4.78, 5) is 32.6. The lowest BCUT2D eigenvalue weighted by atomic mass is 9.94. The van der Waals surface area contributed by atoms with E-state index in [0.29, 0.717) is 39.7 Å². The number of fused-ring (bicyclic) bond motifs is 2. The second-order valence-electron chi connectivity index (χ2n) is 10.4. The van der Waals surface area contributed by atoms with Gasteiger partial charge in [0.1, 0.15) is 23.0 Å². The number of carbonyl (C=O) groups excluding carboxylic acids is 2. The van der Waals surface area contributed by atoms with Crippen LogP contribution in [-0.4, -0.2) is 34.1 Å². The fraction of sp³-hybridized carbons (Fsp3) is 0.345. The van der Waals surface area contributed by atoms with Crippen LogP contribution < -0.4 is 20.7 Å². The second-order valence-corrected chi connectivity index (χ2v) is 10.9. The summed E-state index contributed by atoms with van der Waals surface area (Å²) in [5.74, 6) is -0.265. The summed E-state index contributed by atoms with van der Waals surface area (Å²) < 4.78 is 19.8. The Bertz CT molecular complexity index is 1380. The fourth-order valence-corrected chi connectivity index (χ4v) is 5.80. The van der Waals surface area contributed by atoms with Gasteiger partial charge < -0.3 is 20.7 Å². The van der Waals surface area contributed by atoms with Gasteiger partial charge in [0.25, 0.3) is 11.8 Å². The molecule has 2 amide bonds. The van der Waals surface area contributed by atoms with Crippen molar-refractivity contribution in [3.63, 3.8) is 0 Å². The Balaban J connectivity index is 1.44. The molecule has 38 heavy (non-hydrogen) atoms. The van der Waals surface area contributed by atoms with Crippen LogP contribution in [0, 0.1) is 5.82 Å².